The average Bonchev–Trinajstić information content (AvgIpc) is 3.12. The van der Waals surface area contributed by atoms with E-state index < -0.39 is 75.2 Å². The highest BCUT2D eigenvalue weighted by Gasteiger charge is 2.51. The van der Waals surface area contributed by atoms with Crippen LogP contribution < -0.4 is 5.32 Å². The quantitative estimate of drug-likeness (QED) is 0.0283. The van der Waals surface area contributed by atoms with Gasteiger partial charge in [0, 0.05) is 0 Å². The van der Waals surface area contributed by atoms with Gasteiger partial charge in [-0.2, -0.15) is 0 Å². The number of amides is 1. The van der Waals surface area contributed by atoms with Crippen molar-refractivity contribution in [3.63, 3.8) is 0 Å². The van der Waals surface area contributed by atoms with E-state index in [1.54, 1.807) is 0 Å². The molecule has 1 fully saturated rings. The van der Waals surface area contributed by atoms with Crippen molar-refractivity contribution in [1.29, 1.82) is 0 Å². The van der Waals surface area contributed by atoms with E-state index in [1.807, 2.05) is 0 Å². The Labute approximate surface area is 319 Å². The van der Waals surface area contributed by atoms with Crippen LogP contribution in [0.25, 0.3) is 0 Å². The zero-order valence-electron chi connectivity index (χ0n) is 32.9. The van der Waals surface area contributed by atoms with Gasteiger partial charge in [0.2, 0.25) is 5.91 Å². The third-order valence-electron chi connectivity index (χ3n) is 10.5. The lowest BCUT2D eigenvalue weighted by Gasteiger charge is -2.41. The van der Waals surface area contributed by atoms with Crippen LogP contribution in [0.4, 0.5) is 0 Å². The van der Waals surface area contributed by atoms with E-state index in [4.69, 9.17) is 9.05 Å². The molecule has 1 saturated carbocycles. The van der Waals surface area contributed by atoms with Gasteiger partial charge in [0.15, 0.2) is 0 Å². The number of rotatable bonds is 34. The van der Waals surface area contributed by atoms with E-state index in [9.17, 15) is 50.0 Å². The van der Waals surface area contributed by atoms with E-state index in [2.05, 4.69) is 19.2 Å². The maximum atomic E-state index is 12.9. The minimum Gasteiger partial charge on any atom is -0.393 e. The summed E-state index contributed by atoms with van der Waals surface area (Å²) in [5.41, 5.74) is 0. The van der Waals surface area contributed by atoms with Crippen molar-refractivity contribution in [2.24, 2.45) is 0 Å². The number of hydrogen-bond donors (Lipinski definition) is 9. The van der Waals surface area contributed by atoms with Crippen LogP contribution in [-0.2, 0) is 18.4 Å². The summed E-state index contributed by atoms with van der Waals surface area (Å²) >= 11 is 0. The topological polar surface area (TPSA) is 226 Å². The van der Waals surface area contributed by atoms with E-state index in [0.29, 0.717) is 12.8 Å². The molecule has 0 aliphatic heterocycles. The second-order valence-electron chi connectivity index (χ2n) is 15.4. The lowest BCUT2D eigenvalue weighted by atomic mass is 9.85. The smallest absolute Gasteiger partial charge is 0.393 e. The van der Waals surface area contributed by atoms with Crippen molar-refractivity contribution in [3.8, 4) is 0 Å². The fourth-order valence-electron chi connectivity index (χ4n) is 6.95. The molecule has 0 aromatic rings. The zero-order valence-corrected chi connectivity index (χ0v) is 33.8. The van der Waals surface area contributed by atoms with E-state index in [1.165, 1.54) is 89.9 Å². The molecule has 8 atom stereocenters. The van der Waals surface area contributed by atoms with Gasteiger partial charge in [0.25, 0.3) is 0 Å². The van der Waals surface area contributed by atoms with Crippen LogP contribution in [0, 0.1) is 0 Å². The van der Waals surface area contributed by atoms with Gasteiger partial charge in [-0.3, -0.25) is 13.8 Å². The average molecular weight is 784 g/mol. The molecular formula is C39H78NO12P. The molecule has 0 aromatic carbocycles. The number of phosphoric acid groups is 1. The van der Waals surface area contributed by atoms with Gasteiger partial charge in [-0.05, 0) is 12.8 Å². The second kappa shape index (κ2) is 30.4. The van der Waals surface area contributed by atoms with E-state index >= 15 is 0 Å². The molecule has 14 heteroatoms. The molecule has 13 nitrogen and oxygen atoms in total. The van der Waals surface area contributed by atoms with Crippen molar-refractivity contribution in [1.82, 2.24) is 5.32 Å². The number of unbranched alkanes of at least 4 members (excludes halogenated alkanes) is 21. The van der Waals surface area contributed by atoms with Gasteiger partial charge in [0.05, 0.1) is 31.3 Å². The minimum absolute atomic E-state index is 0.217. The van der Waals surface area contributed by atoms with Crippen molar-refractivity contribution < 1.29 is 59.0 Å². The van der Waals surface area contributed by atoms with Gasteiger partial charge in [0.1, 0.15) is 36.6 Å². The van der Waals surface area contributed by atoms with Gasteiger partial charge >= 0.3 is 7.82 Å². The molecule has 0 heterocycles. The molecule has 8 unspecified atom stereocenters. The summed E-state index contributed by atoms with van der Waals surface area (Å²) in [4.78, 5) is 23.3. The largest absolute Gasteiger partial charge is 0.472 e. The number of carbonyl (C=O) groups is 1. The summed E-state index contributed by atoms with van der Waals surface area (Å²) in [6.45, 7) is 3.74. The van der Waals surface area contributed by atoms with Crippen LogP contribution in [0.3, 0.4) is 0 Å². The molecule has 53 heavy (non-hydrogen) atoms. The van der Waals surface area contributed by atoms with Crippen LogP contribution in [0.2, 0.25) is 0 Å². The van der Waals surface area contributed by atoms with Crippen LogP contribution in [0.5, 0.6) is 0 Å². The Balaban J connectivity index is 2.56. The lowest BCUT2D eigenvalue weighted by Crippen LogP contribution is -2.64. The molecule has 9 N–H and O–H groups in total. The predicted molar refractivity (Wildman–Crippen MR) is 206 cm³/mol. The number of hydrogen-bond acceptors (Lipinski definition) is 11. The van der Waals surface area contributed by atoms with Crippen molar-refractivity contribution in [2.75, 3.05) is 6.61 Å². The van der Waals surface area contributed by atoms with Crippen LogP contribution >= 0.6 is 7.82 Å². The molecule has 0 saturated heterocycles. The molecule has 1 aliphatic rings. The first kappa shape index (κ1) is 50.3. The highest BCUT2D eigenvalue weighted by Crippen LogP contribution is 2.47. The van der Waals surface area contributed by atoms with Crippen molar-refractivity contribution >= 4 is 13.7 Å². The number of carbonyl (C=O) groups excluding carboxylic acids is 1. The fraction of sp³-hybridized carbons (Fsp3) is 0.974. The Bertz CT molecular complexity index is 932. The number of phosphoric ester groups is 1. The van der Waals surface area contributed by atoms with Crippen molar-refractivity contribution in [3.05, 3.63) is 0 Å². The summed E-state index contributed by atoms with van der Waals surface area (Å²) in [5, 5.41) is 74.3. The molecule has 0 aromatic heterocycles. The molecule has 316 valence electrons. The number of aliphatic hydroxyl groups excluding tert-OH is 7. The summed E-state index contributed by atoms with van der Waals surface area (Å²) in [6.07, 6.45) is 13.2. The van der Waals surface area contributed by atoms with Gasteiger partial charge in [-0.15, -0.1) is 0 Å². The Hall–Kier alpha value is -0.700. The third kappa shape index (κ3) is 23.2. The molecule has 1 aliphatic carbocycles. The molecule has 0 bridgehead atoms. The number of aliphatic hydroxyl groups is 7. The first-order valence-electron chi connectivity index (χ1n) is 21.1. The molecule has 0 radical (unpaired) electrons. The molecular weight excluding hydrogens is 705 g/mol. The first-order chi connectivity index (χ1) is 25.3. The highest BCUT2D eigenvalue weighted by molar-refractivity contribution is 7.47. The van der Waals surface area contributed by atoms with Crippen LogP contribution in [0.1, 0.15) is 181 Å². The maximum absolute atomic E-state index is 12.9. The van der Waals surface area contributed by atoms with Gasteiger partial charge < -0.3 is 46.0 Å². The Kier molecular flexibility index (Phi) is 28.9. The fourth-order valence-corrected chi connectivity index (χ4v) is 7.92. The minimum atomic E-state index is -5.10. The first-order valence-corrected chi connectivity index (χ1v) is 22.6. The number of nitrogens with one attached hydrogen (secondary N) is 1. The zero-order chi connectivity index (χ0) is 39.5. The highest BCUT2D eigenvalue weighted by atomic mass is 31.2. The van der Waals surface area contributed by atoms with Crippen LogP contribution in [-0.4, -0.2) is 108 Å². The second-order valence-corrected chi connectivity index (χ2v) is 16.8. The predicted octanol–water partition coefficient (Wildman–Crippen LogP) is 5.70. The SMILES string of the molecule is CCCCCCCCCCCCCCCC(O)CC(=O)NC(COP(=O)(O)OC1C(O)C(O)C(O)C(O)C1O)C(O)CCCCCCCCCCCC. The Morgan fingerprint density at radius 2 is 0.943 bits per heavy atom. The summed E-state index contributed by atoms with van der Waals surface area (Å²) in [7, 11) is -5.10. The van der Waals surface area contributed by atoms with E-state index in [-0.39, 0.29) is 12.8 Å². The summed E-state index contributed by atoms with van der Waals surface area (Å²) in [6, 6.07) is -1.15. The molecule has 1 amide bonds. The summed E-state index contributed by atoms with van der Waals surface area (Å²) in [5.74, 6) is -0.560. The van der Waals surface area contributed by atoms with Crippen LogP contribution in [0.15, 0.2) is 0 Å². The standard InChI is InChI=1S/C39H78NO12P/c1-3-5-7-9-11-13-15-16-17-18-20-22-24-26-30(41)28-33(43)40-31(32(42)27-25-23-21-19-14-12-10-8-6-4-2)29-51-53(49,50)52-39-37(47)35(45)34(44)36(46)38(39)48/h30-32,34-39,41-42,44-48H,3-29H2,1-2H3,(H,40,43)(H,49,50). The van der Waals surface area contributed by atoms with Gasteiger partial charge in [-0.1, -0.05) is 162 Å². The monoisotopic (exact) mass is 784 g/mol. The Morgan fingerprint density at radius 1 is 0.585 bits per heavy atom. The van der Waals surface area contributed by atoms with Gasteiger partial charge in [-0.25, -0.2) is 4.57 Å². The summed E-state index contributed by atoms with van der Waals surface area (Å²) < 4.78 is 22.8. The van der Waals surface area contributed by atoms with Crippen molar-refractivity contribution in [2.45, 2.75) is 236 Å². The Morgan fingerprint density at radius 3 is 1.36 bits per heavy atom. The molecule has 1 rings (SSSR count). The molecule has 0 spiro atoms. The van der Waals surface area contributed by atoms with E-state index in [0.717, 1.165) is 51.4 Å². The maximum Gasteiger partial charge on any atom is 0.472 e. The lowest BCUT2D eigenvalue weighted by molar-refractivity contribution is -0.220. The normalized spacial score (nSPS) is 24.8. The third-order valence-corrected chi connectivity index (χ3v) is 11.5.